The molecule has 1 fully saturated rings. The van der Waals surface area contributed by atoms with Crippen LogP contribution in [-0.2, 0) is 0 Å². The van der Waals surface area contributed by atoms with Gasteiger partial charge in [-0.25, -0.2) is 4.79 Å². The van der Waals surface area contributed by atoms with Crippen LogP contribution in [0.25, 0.3) is 0 Å². The Hall–Kier alpha value is -1.75. The van der Waals surface area contributed by atoms with Crippen LogP contribution in [-0.4, -0.2) is 42.0 Å². The summed E-state index contributed by atoms with van der Waals surface area (Å²) < 4.78 is 0. The van der Waals surface area contributed by atoms with E-state index in [1.165, 1.54) is 0 Å². The molecule has 6 heteroatoms. The van der Waals surface area contributed by atoms with Gasteiger partial charge in [-0.3, -0.25) is 4.79 Å². The van der Waals surface area contributed by atoms with Crippen molar-refractivity contribution in [2.45, 2.75) is 39.2 Å². The van der Waals surface area contributed by atoms with E-state index in [-0.39, 0.29) is 17.5 Å². The maximum absolute atomic E-state index is 12.2. The molecule has 0 radical (unpaired) electrons. The Balaban J connectivity index is 1.76. The highest BCUT2D eigenvalue weighted by Gasteiger charge is 2.25. The summed E-state index contributed by atoms with van der Waals surface area (Å²) in [5.74, 6) is 0.239. The molecule has 24 heavy (non-hydrogen) atoms. The molecule has 1 aliphatic rings. The van der Waals surface area contributed by atoms with Crippen LogP contribution in [0.4, 0.5) is 4.79 Å². The molecular weight excluding hydrogens is 326 g/mol. The lowest BCUT2D eigenvalue weighted by atomic mass is 9.96. The van der Waals surface area contributed by atoms with Crippen LogP contribution in [0.2, 0.25) is 5.02 Å². The van der Waals surface area contributed by atoms with E-state index in [2.05, 4.69) is 10.6 Å². The third-order valence-corrected chi connectivity index (χ3v) is 4.38. The molecule has 1 aliphatic heterocycles. The minimum Gasteiger partial charge on any atom is -0.352 e. The topological polar surface area (TPSA) is 61.4 Å². The first-order valence-corrected chi connectivity index (χ1v) is 8.74. The number of piperidine rings is 1. The van der Waals surface area contributed by atoms with Crippen LogP contribution in [0, 0.1) is 5.92 Å². The maximum atomic E-state index is 12.2. The van der Waals surface area contributed by atoms with Crippen LogP contribution in [0.1, 0.15) is 44.0 Å². The number of rotatable bonds is 3. The number of carbonyl (C=O) groups is 2. The van der Waals surface area contributed by atoms with E-state index < -0.39 is 0 Å². The summed E-state index contributed by atoms with van der Waals surface area (Å²) in [6, 6.07) is 7.02. The first-order chi connectivity index (χ1) is 11.3. The number of likely N-dealkylation sites (tertiary alicyclic amines) is 1. The molecule has 0 aliphatic carbocycles. The molecule has 1 aromatic rings. The van der Waals surface area contributed by atoms with E-state index in [0.717, 1.165) is 12.8 Å². The average molecular weight is 352 g/mol. The molecule has 5 nitrogen and oxygen atoms in total. The number of carbonyl (C=O) groups excluding carboxylic acids is 2. The normalized spacial score (nSPS) is 15.9. The van der Waals surface area contributed by atoms with Crippen LogP contribution in [0.3, 0.4) is 0 Å². The zero-order valence-corrected chi connectivity index (χ0v) is 15.3. The number of hydrogen-bond acceptors (Lipinski definition) is 2. The van der Waals surface area contributed by atoms with Gasteiger partial charge in [0.2, 0.25) is 0 Å². The van der Waals surface area contributed by atoms with Crippen molar-refractivity contribution >= 4 is 23.5 Å². The van der Waals surface area contributed by atoms with Gasteiger partial charge in [0.25, 0.3) is 5.91 Å². The molecule has 0 aromatic heterocycles. The fraction of sp³-hybridized carbons (Fsp3) is 0.556. The Bertz CT molecular complexity index is 590. The lowest BCUT2D eigenvalue weighted by Gasteiger charge is -2.34. The summed E-state index contributed by atoms with van der Waals surface area (Å²) in [6.45, 7) is 7.97. The number of benzene rings is 1. The minimum absolute atomic E-state index is 0.0129. The van der Waals surface area contributed by atoms with Crippen molar-refractivity contribution in [1.82, 2.24) is 15.5 Å². The Kier molecular flexibility index (Phi) is 6.10. The van der Waals surface area contributed by atoms with E-state index in [1.807, 2.05) is 25.7 Å². The summed E-state index contributed by atoms with van der Waals surface area (Å²) in [5, 5.41) is 6.40. The van der Waals surface area contributed by atoms with Crippen molar-refractivity contribution < 1.29 is 9.59 Å². The predicted octanol–water partition coefficient (Wildman–Crippen LogP) is 3.29. The van der Waals surface area contributed by atoms with E-state index in [9.17, 15) is 9.59 Å². The smallest absolute Gasteiger partial charge is 0.317 e. The molecule has 0 saturated carbocycles. The van der Waals surface area contributed by atoms with Gasteiger partial charge in [-0.15, -0.1) is 0 Å². The summed E-state index contributed by atoms with van der Waals surface area (Å²) in [4.78, 5) is 26.2. The Labute approximate surface area is 148 Å². The summed E-state index contributed by atoms with van der Waals surface area (Å²) in [7, 11) is 0. The molecule has 1 heterocycles. The molecule has 0 unspecified atom stereocenters. The van der Waals surface area contributed by atoms with Crippen molar-refractivity contribution in [3.05, 3.63) is 34.9 Å². The van der Waals surface area contributed by atoms with Crippen LogP contribution >= 0.6 is 11.6 Å². The van der Waals surface area contributed by atoms with Gasteiger partial charge in [0.05, 0.1) is 10.6 Å². The van der Waals surface area contributed by atoms with Gasteiger partial charge in [-0.2, -0.15) is 0 Å². The van der Waals surface area contributed by atoms with Crippen molar-refractivity contribution in [1.29, 1.82) is 0 Å². The van der Waals surface area contributed by atoms with E-state index in [1.54, 1.807) is 24.3 Å². The van der Waals surface area contributed by atoms with Gasteiger partial charge in [0.15, 0.2) is 0 Å². The van der Waals surface area contributed by atoms with Crippen LogP contribution < -0.4 is 10.6 Å². The molecule has 2 N–H and O–H groups in total. The fourth-order valence-corrected chi connectivity index (χ4v) is 2.94. The molecule has 2 rings (SSSR count). The predicted molar refractivity (Wildman–Crippen MR) is 96.4 cm³/mol. The van der Waals surface area contributed by atoms with Crippen molar-refractivity contribution in [3.63, 3.8) is 0 Å². The average Bonchev–Trinajstić information content (AvgIpc) is 2.52. The zero-order valence-electron chi connectivity index (χ0n) is 14.6. The number of halogens is 1. The third kappa shape index (κ3) is 5.41. The molecule has 3 amide bonds. The number of nitrogens with zero attached hydrogens (tertiary/aromatic N) is 1. The number of urea groups is 1. The quantitative estimate of drug-likeness (QED) is 0.877. The summed E-state index contributed by atoms with van der Waals surface area (Å²) >= 11 is 6.04. The lowest BCUT2D eigenvalue weighted by Crippen LogP contribution is -2.51. The largest absolute Gasteiger partial charge is 0.352 e. The summed E-state index contributed by atoms with van der Waals surface area (Å²) in [6.07, 6.45) is 1.78. The molecule has 132 valence electrons. The van der Waals surface area contributed by atoms with Crippen molar-refractivity contribution in [2.75, 3.05) is 19.6 Å². The second-order valence-electron chi connectivity index (χ2n) is 7.30. The highest BCUT2D eigenvalue weighted by Crippen LogP contribution is 2.18. The van der Waals surface area contributed by atoms with Crippen molar-refractivity contribution in [3.8, 4) is 0 Å². The molecular formula is C18H26ClN3O2. The monoisotopic (exact) mass is 351 g/mol. The Morgan fingerprint density at radius 1 is 1.21 bits per heavy atom. The van der Waals surface area contributed by atoms with E-state index in [4.69, 9.17) is 11.6 Å². The van der Waals surface area contributed by atoms with Gasteiger partial charge in [-0.05, 0) is 51.7 Å². The molecule has 0 bridgehead atoms. The van der Waals surface area contributed by atoms with E-state index in [0.29, 0.717) is 36.1 Å². The molecule has 0 spiro atoms. The second-order valence-corrected chi connectivity index (χ2v) is 7.71. The Morgan fingerprint density at radius 3 is 2.42 bits per heavy atom. The van der Waals surface area contributed by atoms with Crippen LogP contribution in [0.5, 0.6) is 0 Å². The lowest BCUT2D eigenvalue weighted by molar-refractivity contribution is 0.0937. The molecule has 1 saturated heterocycles. The highest BCUT2D eigenvalue weighted by atomic mass is 35.5. The summed E-state index contributed by atoms with van der Waals surface area (Å²) in [5.41, 5.74) is 0.276. The first-order valence-electron chi connectivity index (χ1n) is 8.36. The van der Waals surface area contributed by atoms with Gasteiger partial charge in [0.1, 0.15) is 0 Å². The third-order valence-electron chi connectivity index (χ3n) is 4.05. The van der Waals surface area contributed by atoms with Gasteiger partial charge in [-0.1, -0.05) is 23.7 Å². The fourth-order valence-electron chi connectivity index (χ4n) is 2.72. The first kappa shape index (κ1) is 18.6. The number of nitrogens with one attached hydrogen (secondary N) is 2. The standard InChI is InChI=1S/C18H26ClN3O2/c1-18(2,3)21-17(24)22-10-8-13(9-11-22)12-20-16(23)14-6-4-5-7-15(14)19/h4-7,13H,8-12H2,1-3H3,(H,20,23)(H,21,24). The number of hydrogen-bond donors (Lipinski definition) is 2. The van der Waals surface area contributed by atoms with Gasteiger partial charge < -0.3 is 15.5 Å². The maximum Gasteiger partial charge on any atom is 0.317 e. The van der Waals surface area contributed by atoms with Gasteiger partial charge in [0, 0.05) is 25.2 Å². The minimum atomic E-state index is -0.225. The van der Waals surface area contributed by atoms with Gasteiger partial charge >= 0.3 is 6.03 Å². The van der Waals surface area contributed by atoms with Crippen LogP contribution in [0.15, 0.2) is 24.3 Å². The Morgan fingerprint density at radius 2 is 1.83 bits per heavy atom. The van der Waals surface area contributed by atoms with E-state index >= 15 is 0 Å². The SMILES string of the molecule is CC(C)(C)NC(=O)N1CCC(CNC(=O)c2ccccc2Cl)CC1. The zero-order chi connectivity index (χ0) is 17.7. The molecule has 0 atom stereocenters. The number of amides is 3. The second kappa shape index (κ2) is 7.88. The highest BCUT2D eigenvalue weighted by molar-refractivity contribution is 6.33. The molecule has 1 aromatic carbocycles. The van der Waals surface area contributed by atoms with Crippen molar-refractivity contribution in [2.24, 2.45) is 5.92 Å².